The van der Waals surface area contributed by atoms with Crippen LogP contribution in [0.1, 0.15) is 25.2 Å². The molecule has 0 amide bonds. The maximum atomic E-state index is 5.42. The molecule has 1 aliphatic carbocycles. The molecule has 0 aromatic carbocycles. The zero-order valence-electron chi connectivity index (χ0n) is 7.73. The smallest absolute Gasteiger partial charge is 0.318 e. The molecule has 4 heteroatoms. The minimum atomic E-state index is 0.665. The highest BCUT2D eigenvalue weighted by Gasteiger charge is 2.39. The van der Waals surface area contributed by atoms with E-state index in [-0.39, 0.29) is 0 Å². The summed E-state index contributed by atoms with van der Waals surface area (Å²) in [6.45, 7) is 2.96. The molecule has 0 spiro atoms. The van der Waals surface area contributed by atoms with Gasteiger partial charge in [0.25, 0.3) is 0 Å². The van der Waals surface area contributed by atoms with E-state index in [4.69, 9.17) is 4.42 Å². The molecular weight excluding hydrogens is 166 g/mol. The Balaban J connectivity index is 1.87. The van der Waals surface area contributed by atoms with Crippen LogP contribution >= 0.6 is 0 Å². The van der Waals surface area contributed by atoms with Crippen molar-refractivity contribution in [3.05, 3.63) is 5.89 Å². The second kappa shape index (κ2) is 2.47. The predicted molar refractivity (Wildman–Crippen MR) is 47.5 cm³/mol. The van der Waals surface area contributed by atoms with Crippen LogP contribution in [0.2, 0.25) is 0 Å². The quantitative estimate of drug-likeness (QED) is 0.653. The third kappa shape index (κ3) is 1.04. The van der Waals surface area contributed by atoms with Gasteiger partial charge in [-0.1, -0.05) is 5.10 Å². The molecule has 2 bridgehead atoms. The highest BCUT2D eigenvalue weighted by Crippen LogP contribution is 2.39. The van der Waals surface area contributed by atoms with Gasteiger partial charge >= 0.3 is 6.01 Å². The summed E-state index contributed by atoms with van der Waals surface area (Å²) in [6, 6.07) is 1.40. The van der Waals surface area contributed by atoms with Gasteiger partial charge < -0.3 is 9.32 Å². The first-order valence-corrected chi connectivity index (χ1v) is 4.89. The summed E-state index contributed by atoms with van der Waals surface area (Å²) in [4.78, 5) is 2.27. The zero-order chi connectivity index (χ0) is 8.84. The molecule has 70 valence electrons. The molecule has 1 saturated heterocycles. The Morgan fingerprint density at radius 1 is 1.38 bits per heavy atom. The number of anilines is 1. The fourth-order valence-electron chi connectivity index (χ4n) is 2.56. The Hall–Kier alpha value is -1.06. The van der Waals surface area contributed by atoms with Crippen molar-refractivity contribution in [1.29, 1.82) is 0 Å². The number of aromatic nitrogens is 2. The maximum Gasteiger partial charge on any atom is 0.318 e. The van der Waals surface area contributed by atoms with Crippen molar-refractivity contribution in [1.82, 2.24) is 10.2 Å². The van der Waals surface area contributed by atoms with E-state index in [0.29, 0.717) is 11.9 Å². The van der Waals surface area contributed by atoms with E-state index in [2.05, 4.69) is 15.1 Å². The van der Waals surface area contributed by atoms with Crippen LogP contribution in [0.5, 0.6) is 0 Å². The van der Waals surface area contributed by atoms with Crippen LogP contribution in [0.15, 0.2) is 4.42 Å². The van der Waals surface area contributed by atoms with Crippen LogP contribution in [0.3, 0.4) is 0 Å². The molecule has 2 aliphatic rings. The molecule has 13 heavy (non-hydrogen) atoms. The monoisotopic (exact) mass is 179 g/mol. The van der Waals surface area contributed by atoms with E-state index in [1.807, 2.05) is 6.92 Å². The minimum absolute atomic E-state index is 0.665. The first-order valence-electron chi connectivity index (χ1n) is 4.89. The fraction of sp³-hybridized carbons (Fsp3) is 0.778. The molecule has 2 unspecified atom stereocenters. The first-order chi connectivity index (χ1) is 6.33. The number of aryl methyl sites for hydroxylation is 1. The number of rotatable bonds is 1. The molecule has 0 radical (unpaired) electrons. The third-order valence-electron chi connectivity index (χ3n) is 3.17. The molecule has 2 fully saturated rings. The van der Waals surface area contributed by atoms with Crippen molar-refractivity contribution in [3.8, 4) is 0 Å². The second-order valence-electron chi connectivity index (χ2n) is 4.09. The summed E-state index contributed by atoms with van der Waals surface area (Å²) in [5, 5.41) is 7.91. The van der Waals surface area contributed by atoms with Gasteiger partial charge in [-0.2, -0.15) is 0 Å². The lowest BCUT2D eigenvalue weighted by molar-refractivity contribution is 0.469. The Morgan fingerprint density at radius 2 is 2.31 bits per heavy atom. The van der Waals surface area contributed by atoms with E-state index in [1.54, 1.807) is 0 Å². The lowest BCUT2D eigenvalue weighted by Crippen LogP contribution is -2.32. The molecule has 4 nitrogen and oxygen atoms in total. The minimum Gasteiger partial charge on any atom is -0.408 e. The van der Waals surface area contributed by atoms with E-state index in [9.17, 15) is 0 Å². The molecule has 1 saturated carbocycles. The van der Waals surface area contributed by atoms with E-state index in [1.165, 1.54) is 19.3 Å². The van der Waals surface area contributed by atoms with Gasteiger partial charge in [0, 0.05) is 19.5 Å². The molecule has 1 aromatic rings. The van der Waals surface area contributed by atoms with Crippen molar-refractivity contribution in [2.75, 3.05) is 11.4 Å². The van der Waals surface area contributed by atoms with Crippen molar-refractivity contribution in [2.24, 2.45) is 5.92 Å². The van der Waals surface area contributed by atoms with Gasteiger partial charge in [0.05, 0.1) is 0 Å². The van der Waals surface area contributed by atoms with Gasteiger partial charge in [0.15, 0.2) is 0 Å². The van der Waals surface area contributed by atoms with Crippen LogP contribution < -0.4 is 4.90 Å². The summed E-state index contributed by atoms with van der Waals surface area (Å²) in [7, 11) is 0. The maximum absolute atomic E-state index is 5.42. The van der Waals surface area contributed by atoms with Gasteiger partial charge in [-0.3, -0.25) is 0 Å². The Bertz CT molecular complexity index is 322. The number of piperidine rings is 1. The average molecular weight is 179 g/mol. The van der Waals surface area contributed by atoms with Crippen LogP contribution in [-0.4, -0.2) is 22.8 Å². The molecule has 1 aliphatic heterocycles. The van der Waals surface area contributed by atoms with Gasteiger partial charge in [-0.05, 0) is 25.2 Å². The molecular formula is C9H13N3O. The summed E-state index contributed by atoms with van der Waals surface area (Å²) in [5.41, 5.74) is 0. The van der Waals surface area contributed by atoms with Gasteiger partial charge in [-0.15, -0.1) is 5.10 Å². The van der Waals surface area contributed by atoms with Gasteiger partial charge in [0.1, 0.15) is 0 Å². The topological polar surface area (TPSA) is 42.2 Å². The molecule has 0 N–H and O–H groups in total. The van der Waals surface area contributed by atoms with Gasteiger partial charge in [0.2, 0.25) is 5.89 Å². The number of hydrogen-bond donors (Lipinski definition) is 0. The lowest BCUT2D eigenvalue weighted by Gasteiger charge is -2.24. The van der Waals surface area contributed by atoms with Crippen LogP contribution in [0, 0.1) is 12.8 Å². The molecule has 2 atom stereocenters. The highest BCUT2D eigenvalue weighted by molar-refractivity contribution is 5.31. The largest absolute Gasteiger partial charge is 0.408 e. The zero-order valence-corrected chi connectivity index (χ0v) is 7.73. The van der Waals surface area contributed by atoms with Crippen molar-refractivity contribution >= 4 is 6.01 Å². The molecule has 1 aromatic heterocycles. The van der Waals surface area contributed by atoms with Crippen LogP contribution in [-0.2, 0) is 0 Å². The summed E-state index contributed by atoms with van der Waals surface area (Å²) in [5.74, 6) is 1.54. The summed E-state index contributed by atoms with van der Waals surface area (Å²) < 4.78 is 5.42. The first kappa shape index (κ1) is 7.35. The van der Waals surface area contributed by atoms with Crippen LogP contribution in [0.4, 0.5) is 6.01 Å². The highest BCUT2D eigenvalue weighted by atomic mass is 16.4. The predicted octanol–water partition coefficient (Wildman–Crippen LogP) is 1.37. The fourth-order valence-corrected chi connectivity index (χ4v) is 2.56. The molecule has 2 heterocycles. The van der Waals surface area contributed by atoms with Gasteiger partial charge in [-0.25, -0.2) is 0 Å². The second-order valence-corrected chi connectivity index (χ2v) is 4.09. The van der Waals surface area contributed by atoms with Crippen LogP contribution in [0.25, 0.3) is 0 Å². The Kier molecular flexibility index (Phi) is 1.39. The SMILES string of the molecule is Cc1nnc(N2CC3CCC2C3)o1. The van der Waals surface area contributed by atoms with Crippen molar-refractivity contribution in [3.63, 3.8) is 0 Å². The molecule has 3 rings (SSSR count). The summed E-state index contributed by atoms with van der Waals surface area (Å²) in [6.07, 6.45) is 4.00. The van der Waals surface area contributed by atoms with E-state index >= 15 is 0 Å². The average Bonchev–Trinajstić information content (AvgIpc) is 2.77. The normalized spacial score (nSPS) is 31.6. The third-order valence-corrected chi connectivity index (χ3v) is 3.17. The van der Waals surface area contributed by atoms with E-state index in [0.717, 1.165) is 18.5 Å². The number of fused-ring (bicyclic) bond motifs is 2. The summed E-state index contributed by atoms with van der Waals surface area (Å²) >= 11 is 0. The van der Waals surface area contributed by atoms with Crippen molar-refractivity contribution < 1.29 is 4.42 Å². The Labute approximate surface area is 76.9 Å². The van der Waals surface area contributed by atoms with Crippen molar-refractivity contribution in [2.45, 2.75) is 32.2 Å². The number of hydrogen-bond acceptors (Lipinski definition) is 4. The number of nitrogens with zero attached hydrogens (tertiary/aromatic N) is 3. The van der Waals surface area contributed by atoms with E-state index < -0.39 is 0 Å². The Morgan fingerprint density at radius 3 is 2.85 bits per heavy atom. The standard InChI is InChI=1S/C9H13N3O/c1-6-10-11-9(13-6)12-5-7-2-3-8(12)4-7/h7-8H,2-5H2,1H3. The lowest BCUT2D eigenvalue weighted by atomic mass is 10.1.